The van der Waals surface area contributed by atoms with E-state index in [-0.39, 0.29) is 0 Å². The van der Waals surface area contributed by atoms with Crippen LogP contribution in [0.15, 0.2) is 24.3 Å². The predicted molar refractivity (Wildman–Crippen MR) is 80.1 cm³/mol. The molecule has 0 fully saturated rings. The van der Waals surface area contributed by atoms with E-state index in [0.29, 0.717) is 11.5 Å². The van der Waals surface area contributed by atoms with Crippen LogP contribution in [-0.4, -0.2) is 11.5 Å². The lowest BCUT2D eigenvalue weighted by Crippen LogP contribution is -2.30. The van der Waals surface area contributed by atoms with Crippen molar-refractivity contribution in [3.05, 3.63) is 29.3 Å². The number of rotatable bonds is 5. The van der Waals surface area contributed by atoms with Gasteiger partial charge in [-0.05, 0) is 30.9 Å². The summed E-state index contributed by atoms with van der Waals surface area (Å²) >= 11 is 1.79. The molecule has 3 heteroatoms. The standard InChI is InChI=1S/C15H22N2S/c1-5-15(3,4)10-16-11(2)14-17-12-8-6-7-9-13(12)18-14/h6-9,11,16H,5,10H2,1-4H3. The molecule has 0 amide bonds. The molecule has 0 aliphatic carbocycles. The zero-order valence-electron chi connectivity index (χ0n) is 11.7. The summed E-state index contributed by atoms with van der Waals surface area (Å²) in [6, 6.07) is 8.66. The maximum Gasteiger partial charge on any atom is 0.111 e. The molecule has 0 bridgehead atoms. The summed E-state index contributed by atoms with van der Waals surface area (Å²) in [5.74, 6) is 0. The smallest absolute Gasteiger partial charge is 0.111 e. The molecule has 98 valence electrons. The van der Waals surface area contributed by atoms with Crippen molar-refractivity contribution in [1.29, 1.82) is 0 Å². The minimum atomic E-state index is 0.327. The highest BCUT2D eigenvalue weighted by atomic mass is 32.1. The van der Waals surface area contributed by atoms with Gasteiger partial charge in [0.05, 0.1) is 16.3 Å². The summed E-state index contributed by atoms with van der Waals surface area (Å²) in [4.78, 5) is 4.70. The minimum Gasteiger partial charge on any atom is -0.308 e. The molecule has 0 saturated heterocycles. The Labute approximate surface area is 113 Å². The van der Waals surface area contributed by atoms with Crippen LogP contribution in [-0.2, 0) is 0 Å². The van der Waals surface area contributed by atoms with E-state index in [9.17, 15) is 0 Å². The Morgan fingerprint density at radius 1 is 1.33 bits per heavy atom. The normalized spacial score (nSPS) is 14.0. The lowest BCUT2D eigenvalue weighted by molar-refractivity contribution is 0.314. The van der Waals surface area contributed by atoms with Crippen molar-refractivity contribution < 1.29 is 0 Å². The first-order valence-electron chi connectivity index (χ1n) is 6.61. The third-order valence-electron chi connectivity index (χ3n) is 3.52. The fourth-order valence-electron chi connectivity index (χ4n) is 1.72. The molecule has 1 atom stereocenters. The van der Waals surface area contributed by atoms with Gasteiger partial charge in [-0.15, -0.1) is 11.3 Å². The molecule has 1 N–H and O–H groups in total. The quantitative estimate of drug-likeness (QED) is 0.864. The second kappa shape index (κ2) is 5.37. The Balaban J connectivity index is 2.07. The zero-order chi connectivity index (χ0) is 13.2. The van der Waals surface area contributed by atoms with Crippen molar-refractivity contribution in [1.82, 2.24) is 10.3 Å². The third kappa shape index (κ3) is 3.09. The average Bonchev–Trinajstić information content (AvgIpc) is 2.80. The zero-order valence-corrected chi connectivity index (χ0v) is 12.5. The van der Waals surface area contributed by atoms with Gasteiger partial charge in [-0.25, -0.2) is 4.98 Å². The summed E-state index contributed by atoms with van der Waals surface area (Å²) in [7, 11) is 0. The molecule has 0 aliphatic heterocycles. The van der Waals surface area contributed by atoms with Crippen molar-refractivity contribution in [2.24, 2.45) is 5.41 Å². The Morgan fingerprint density at radius 2 is 2.06 bits per heavy atom. The van der Waals surface area contributed by atoms with Crippen LogP contribution in [0.5, 0.6) is 0 Å². The van der Waals surface area contributed by atoms with Crippen molar-refractivity contribution in [2.75, 3.05) is 6.54 Å². The highest BCUT2D eigenvalue weighted by Crippen LogP contribution is 2.27. The van der Waals surface area contributed by atoms with Crippen LogP contribution in [0.2, 0.25) is 0 Å². The first kappa shape index (κ1) is 13.5. The lowest BCUT2D eigenvalue weighted by Gasteiger charge is -2.25. The van der Waals surface area contributed by atoms with Crippen molar-refractivity contribution in [3.63, 3.8) is 0 Å². The first-order valence-corrected chi connectivity index (χ1v) is 7.42. The third-order valence-corrected chi connectivity index (χ3v) is 4.74. The summed E-state index contributed by atoms with van der Waals surface area (Å²) in [6.07, 6.45) is 1.19. The van der Waals surface area contributed by atoms with Crippen molar-refractivity contribution in [3.8, 4) is 0 Å². The molecule has 0 saturated carbocycles. The number of aromatic nitrogens is 1. The van der Waals surface area contributed by atoms with Gasteiger partial charge in [-0.1, -0.05) is 32.9 Å². The SMILES string of the molecule is CCC(C)(C)CNC(C)c1nc2ccccc2s1. The predicted octanol–water partition coefficient (Wildman–Crippen LogP) is 4.38. The minimum absolute atomic E-state index is 0.327. The number of nitrogens with zero attached hydrogens (tertiary/aromatic N) is 1. The van der Waals surface area contributed by atoms with E-state index in [1.54, 1.807) is 11.3 Å². The molecule has 18 heavy (non-hydrogen) atoms. The fraction of sp³-hybridized carbons (Fsp3) is 0.533. The molecular formula is C15H22N2S. The van der Waals surface area contributed by atoms with E-state index in [1.165, 1.54) is 16.1 Å². The van der Waals surface area contributed by atoms with Gasteiger partial charge in [-0.2, -0.15) is 0 Å². The van der Waals surface area contributed by atoms with E-state index in [4.69, 9.17) is 4.98 Å². The second-order valence-corrected chi connectivity index (χ2v) is 6.70. The molecule has 0 radical (unpaired) electrons. The number of hydrogen-bond donors (Lipinski definition) is 1. The van der Waals surface area contributed by atoms with E-state index >= 15 is 0 Å². The maximum atomic E-state index is 4.70. The molecule has 1 unspecified atom stereocenters. The molecule has 2 rings (SSSR count). The topological polar surface area (TPSA) is 24.9 Å². The van der Waals surface area contributed by atoms with Gasteiger partial charge < -0.3 is 5.32 Å². The van der Waals surface area contributed by atoms with Gasteiger partial charge >= 0.3 is 0 Å². The van der Waals surface area contributed by atoms with Crippen LogP contribution < -0.4 is 5.32 Å². The molecular weight excluding hydrogens is 240 g/mol. The van der Waals surface area contributed by atoms with E-state index in [2.05, 4.69) is 51.2 Å². The Bertz CT molecular complexity index is 483. The van der Waals surface area contributed by atoms with Gasteiger partial charge in [0.1, 0.15) is 5.01 Å². The van der Waals surface area contributed by atoms with Crippen LogP contribution in [0.4, 0.5) is 0 Å². The maximum absolute atomic E-state index is 4.70. The molecule has 0 aliphatic rings. The van der Waals surface area contributed by atoms with Gasteiger partial charge in [0.2, 0.25) is 0 Å². The first-order chi connectivity index (χ1) is 8.52. The van der Waals surface area contributed by atoms with E-state index in [1.807, 2.05) is 6.07 Å². The molecule has 1 heterocycles. The van der Waals surface area contributed by atoms with E-state index in [0.717, 1.165) is 12.1 Å². The lowest BCUT2D eigenvalue weighted by atomic mass is 9.90. The van der Waals surface area contributed by atoms with Crippen LogP contribution in [0.1, 0.15) is 45.2 Å². The number of para-hydroxylation sites is 1. The monoisotopic (exact) mass is 262 g/mol. The van der Waals surface area contributed by atoms with Gasteiger partial charge in [0, 0.05) is 6.54 Å². The number of fused-ring (bicyclic) bond motifs is 1. The van der Waals surface area contributed by atoms with Crippen LogP contribution in [0.3, 0.4) is 0 Å². The summed E-state index contributed by atoms with van der Waals surface area (Å²) in [6.45, 7) is 10.1. The van der Waals surface area contributed by atoms with E-state index < -0.39 is 0 Å². The Hall–Kier alpha value is -0.930. The molecule has 1 aromatic heterocycles. The molecule has 2 nitrogen and oxygen atoms in total. The van der Waals surface area contributed by atoms with Gasteiger partial charge in [0.15, 0.2) is 0 Å². The summed E-state index contributed by atoms with van der Waals surface area (Å²) in [5, 5.41) is 4.78. The largest absolute Gasteiger partial charge is 0.308 e. The van der Waals surface area contributed by atoms with Crippen LogP contribution >= 0.6 is 11.3 Å². The highest BCUT2D eigenvalue weighted by molar-refractivity contribution is 7.18. The summed E-state index contributed by atoms with van der Waals surface area (Å²) < 4.78 is 1.27. The molecule has 0 spiro atoms. The van der Waals surface area contributed by atoms with Crippen LogP contribution in [0, 0.1) is 5.41 Å². The Morgan fingerprint density at radius 3 is 2.72 bits per heavy atom. The Kier molecular flexibility index (Phi) is 4.03. The fourth-order valence-corrected chi connectivity index (χ4v) is 2.71. The van der Waals surface area contributed by atoms with Gasteiger partial charge in [-0.3, -0.25) is 0 Å². The highest BCUT2D eigenvalue weighted by Gasteiger charge is 2.18. The number of benzene rings is 1. The summed E-state index contributed by atoms with van der Waals surface area (Å²) in [5.41, 5.74) is 1.46. The molecule has 2 aromatic rings. The second-order valence-electron chi connectivity index (χ2n) is 5.64. The van der Waals surface area contributed by atoms with Crippen LogP contribution in [0.25, 0.3) is 10.2 Å². The average molecular weight is 262 g/mol. The molecule has 1 aromatic carbocycles. The number of nitrogens with one attached hydrogen (secondary N) is 1. The van der Waals surface area contributed by atoms with Crippen molar-refractivity contribution in [2.45, 2.75) is 40.2 Å². The van der Waals surface area contributed by atoms with Crippen molar-refractivity contribution >= 4 is 21.6 Å². The number of thiazole rings is 1. The number of hydrogen-bond acceptors (Lipinski definition) is 3. The van der Waals surface area contributed by atoms with Gasteiger partial charge in [0.25, 0.3) is 0 Å².